The molecule has 2 aromatic heterocycles. The molecule has 0 atom stereocenters. The van der Waals surface area contributed by atoms with Gasteiger partial charge in [-0.3, -0.25) is 4.79 Å². The summed E-state index contributed by atoms with van der Waals surface area (Å²) < 4.78 is 32.5. The third-order valence-electron chi connectivity index (χ3n) is 4.66. The molecule has 0 radical (unpaired) electrons. The van der Waals surface area contributed by atoms with E-state index in [1.165, 1.54) is 24.3 Å². The van der Waals surface area contributed by atoms with Gasteiger partial charge >= 0.3 is 0 Å². The van der Waals surface area contributed by atoms with Gasteiger partial charge in [-0.1, -0.05) is 28.9 Å². The van der Waals surface area contributed by atoms with Crippen LogP contribution in [0.2, 0.25) is 5.02 Å². The van der Waals surface area contributed by atoms with Crippen LogP contribution in [-0.4, -0.2) is 24.5 Å². The zero-order valence-electron chi connectivity index (χ0n) is 16.0. The van der Waals surface area contributed by atoms with Crippen molar-refractivity contribution >= 4 is 50.0 Å². The first kappa shape index (κ1) is 20.0. The van der Waals surface area contributed by atoms with Crippen LogP contribution in [0.1, 0.15) is 21.7 Å². The Bertz CT molecular complexity index is 1360. The molecule has 2 heterocycles. The predicted octanol–water partition coefficient (Wildman–Crippen LogP) is 4.48. The van der Waals surface area contributed by atoms with E-state index in [1.807, 2.05) is 6.07 Å². The third kappa shape index (κ3) is 3.77. The van der Waals surface area contributed by atoms with Gasteiger partial charge in [0.25, 0.3) is 15.9 Å². The van der Waals surface area contributed by atoms with Gasteiger partial charge in [0.2, 0.25) is 5.88 Å². The number of nitrogens with one attached hydrogen (secondary N) is 3. The van der Waals surface area contributed by atoms with Crippen molar-refractivity contribution < 1.29 is 17.7 Å². The molecule has 30 heavy (non-hydrogen) atoms. The molecule has 4 rings (SSSR count). The zero-order chi connectivity index (χ0) is 21.5. The fourth-order valence-electron chi connectivity index (χ4n) is 2.85. The summed E-state index contributed by atoms with van der Waals surface area (Å²) in [5.74, 6) is -0.300. The minimum atomic E-state index is -3.86. The van der Waals surface area contributed by atoms with Gasteiger partial charge in [-0.2, -0.15) is 0 Å². The summed E-state index contributed by atoms with van der Waals surface area (Å²) in [6.45, 7) is 3.43. The molecule has 8 nitrogen and oxygen atoms in total. The first-order valence-electron chi connectivity index (χ1n) is 8.89. The molecule has 0 aliphatic heterocycles. The third-order valence-corrected chi connectivity index (χ3v) is 6.32. The predicted molar refractivity (Wildman–Crippen MR) is 114 cm³/mol. The average molecular weight is 445 g/mol. The zero-order valence-corrected chi connectivity index (χ0v) is 17.6. The Morgan fingerprint density at radius 3 is 2.50 bits per heavy atom. The Labute approximate surface area is 177 Å². The van der Waals surface area contributed by atoms with Gasteiger partial charge in [0, 0.05) is 16.6 Å². The van der Waals surface area contributed by atoms with Crippen LogP contribution in [0.3, 0.4) is 0 Å². The van der Waals surface area contributed by atoms with Gasteiger partial charge in [0.05, 0.1) is 21.1 Å². The molecule has 0 fully saturated rings. The summed E-state index contributed by atoms with van der Waals surface area (Å²) in [4.78, 5) is 15.5. The number of halogens is 1. The summed E-state index contributed by atoms with van der Waals surface area (Å²) in [5, 5.41) is 7.79. The molecule has 1 amide bonds. The quantitative estimate of drug-likeness (QED) is 0.419. The highest BCUT2D eigenvalue weighted by Crippen LogP contribution is 2.25. The molecule has 0 spiro atoms. The van der Waals surface area contributed by atoms with Gasteiger partial charge in [-0.15, -0.1) is 0 Å². The van der Waals surface area contributed by atoms with E-state index in [1.54, 1.807) is 32.0 Å². The SMILES string of the molecule is Cc1noc(NS(=O)(=O)c2ccc(NC(=O)c3cc4cccc(Cl)c4[nH]3)cc2)c1C. The summed E-state index contributed by atoms with van der Waals surface area (Å²) >= 11 is 6.13. The molecule has 0 saturated carbocycles. The summed E-state index contributed by atoms with van der Waals surface area (Å²) in [6.07, 6.45) is 0. The standard InChI is InChI=1S/C20H17ClN4O4S/c1-11-12(2)24-29-20(11)25-30(27,28)15-8-6-14(7-9-15)22-19(26)17-10-13-4-3-5-16(21)18(13)23-17/h3-10,23,25H,1-2H3,(H,22,26). The highest BCUT2D eigenvalue weighted by atomic mass is 35.5. The Hall–Kier alpha value is -3.30. The van der Waals surface area contributed by atoms with Crippen molar-refractivity contribution in [3.8, 4) is 0 Å². The minimum absolute atomic E-state index is 0.0198. The lowest BCUT2D eigenvalue weighted by Gasteiger charge is -2.08. The van der Waals surface area contributed by atoms with Crippen LogP contribution < -0.4 is 10.0 Å². The highest BCUT2D eigenvalue weighted by molar-refractivity contribution is 7.92. The van der Waals surface area contributed by atoms with Gasteiger partial charge < -0.3 is 14.8 Å². The molecule has 10 heteroatoms. The summed E-state index contributed by atoms with van der Waals surface area (Å²) in [7, 11) is -3.86. The Kier molecular flexibility index (Phi) is 5.00. The molecule has 0 bridgehead atoms. The maximum atomic E-state index is 12.5. The van der Waals surface area contributed by atoms with Crippen LogP contribution in [0.25, 0.3) is 10.9 Å². The van der Waals surface area contributed by atoms with E-state index in [2.05, 4.69) is 20.2 Å². The number of hydrogen-bond acceptors (Lipinski definition) is 5. The van der Waals surface area contributed by atoms with E-state index in [-0.39, 0.29) is 16.7 Å². The number of para-hydroxylation sites is 1. The van der Waals surface area contributed by atoms with Gasteiger partial charge in [-0.25, -0.2) is 13.1 Å². The molecule has 3 N–H and O–H groups in total. The van der Waals surface area contributed by atoms with Crippen molar-refractivity contribution in [3.63, 3.8) is 0 Å². The van der Waals surface area contributed by atoms with E-state index in [0.29, 0.717) is 33.2 Å². The lowest BCUT2D eigenvalue weighted by molar-refractivity contribution is 0.102. The number of aryl methyl sites for hydroxylation is 1. The molecule has 0 saturated heterocycles. The van der Waals surface area contributed by atoms with Crippen molar-refractivity contribution in [1.82, 2.24) is 10.1 Å². The molecular weight excluding hydrogens is 428 g/mol. The van der Waals surface area contributed by atoms with Crippen LogP contribution in [0.4, 0.5) is 11.6 Å². The number of hydrogen-bond donors (Lipinski definition) is 3. The molecule has 4 aromatic rings. The largest absolute Gasteiger partial charge is 0.349 e. The number of anilines is 2. The van der Waals surface area contributed by atoms with Crippen LogP contribution in [0.15, 0.2) is 57.9 Å². The number of nitrogens with zero attached hydrogens (tertiary/aromatic N) is 1. The number of fused-ring (bicyclic) bond motifs is 1. The number of benzene rings is 2. The number of aromatic amines is 1. The first-order chi connectivity index (χ1) is 14.2. The fraction of sp³-hybridized carbons (Fsp3) is 0.100. The topological polar surface area (TPSA) is 117 Å². The lowest BCUT2D eigenvalue weighted by Crippen LogP contribution is -2.14. The van der Waals surface area contributed by atoms with E-state index in [4.69, 9.17) is 16.1 Å². The Morgan fingerprint density at radius 2 is 1.87 bits per heavy atom. The number of aromatic nitrogens is 2. The first-order valence-corrected chi connectivity index (χ1v) is 10.7. The van der Waals surface area contributed by atoms with Crippen molar-refractivity contribution in [2.75, 3.05) is 10.0 Å². The molecule has 0 aliphatic carbocycles. The normalized spacial score (nSPS) is 11.6. The maximum absolute atomic E-state index is 12.5. The number of rotatable bonds is 5. The number of sulfonamides is 1. The van der Waals surface area contributed by atoms with Gasteiger partial charge in [0.15, 0.2) is 0 Å². The molecule has 2 aromatic carbocycles. The highest BCUT2D eigenvalue weighted by Gasteiger charge is 2.19. The number of carbonyl (C=O) groups is 1. The van der Waals surface area contributed by atoms with Crippen molar-refractivity contribution in [3.05, 3.63) is 70.5 Å². The minimum Gasteiger partial charge on any atom is -0.349 e. The second-order valence-electron chi connectivity index (χ2n) is 6.69. The van der Waals surface area contributed by atoms with Crippen molar-refractivity contribution in [1.29, 1.82) is 0 Å². The Balaban J connectivity index is 1.50. The van der Waals surface area contributed by atoms with E-state index >= 15 is 0 Å². The number of amides is 1. The van der Waals surface area contributed by atoms with Crippen LogP contribution in [-0.2, 0) is 10.0 Å². The fourth-order valence-corrected chi connectivity index (χ4v) is 4.12. The van der Waals surface area contributed by atoms with Crippen LogP contribution >= 0.6 is 11.6 Å². The summed E-state index contributed by atoms with van der Waals surface area (Å²) in [6, 6.07) is 12.9. The van der Waals surface area contributed by atoms with Gasteiger partial charge in [0.1, 0.15) is 5.69 Å². The number of H-pyrrole nitrogens is 1. The van der Waals surface area contributed by atoms with E-state index in [0.717, 1.165) is 5.39 Å². The average Bonchev–Trinajstić information content (AvgIpc) is 3.28. The Morgan fingerprint density at radius 1 is 1.13 bits per heavy atom. The van der Waals surface area contributed by atoms with E-state index in [9.17, 15) is 13.2 Å². The smallest absolute Gasteiger partial charge is 0.272 e. The molecule has 154 valence electrons. The van der Waals surface area contributed by atoms with Crippen molar-refractivity contribution in [2.45, 2.75) is 18.7 Å². The molecule has 0 unspecified atom stereocenters. The van der Waals surface area contributed by atoms with Gasteiger partial charge in [-0.05, 0) is 50.2 Å². The van der Waals surface area contributed by atoms with E-state index < -0.39 is 10.0 Å². The van der Waals surface area contributed by atoms with Crippen LogP contribution in [0.5, 0.6) is 0 Å². The molecular formula is C20H17ClN4O4S. The second kappa shape index (κ2) is 7.51. The number of carbonyl (C=O) groups excluding carboxylic acids is 1. The molecule has 0 aliphatic rings. The summed E-state index contributed by atoms with van der Waals surface area (Å²) in [5.41, 5.74) is 2.67. The maximum Gasteiger partial charge on any atom is 0.272 e. The van der Waals surface area contributed by atoms with Crippen LogP contribution in [0, 0.1) is 13.8 Å². The monoisotopic (exact) mass is 444 g/mol. The second-order valence-corrected chi connectivity index (χ2v) is 8.78. The lowest BCUT2D eigenvalue weighted by atomic mass is 10.2. The van der Waals surface area contributed by atoms with Crippen molar-refractivity contribution in [2.24, 2.45) is 0 Å².